The number of rotatable bonds is 5. The average molecular weight is 282 g/mol. The van der Waals surface area contributed by atoms with E-state index in [1.54, 1.807) is 6.08 Å². The lowest BCUT2D eigenvalue weighted by Gasteiger charge is -2.36. The molecule has 1 aliphatic heterocycles. The lowest BCUT2D eigenvalue weighted by molar-refractivity contribution is 0.00862. The van der Waals surface area contributed by atoms with Crippen LogP contribution in [0.5, 0.6) is 0 Å². The summed E-state index contributed by atoms with van der Waals surface area (Å²) in [6.45, 7) is 6.98. The Morgan fingerprint density at radius 3 is 2.75 bits per heavy atom. The molecule has 1 heterocycles. The van der Waals surface area contributed by atoms with E-state index in [1.807, 2.05) is 25.7 Å². The van der Waals surface area contributed by atoms with Crippen LogP contribution in [-0.2, 0) is 9.53 Å². The van der Waals surface area contributed by atoms with Gasteiger partial charge in [-0.2, -0.15) is 0 Å². The highest BCUT2D eigenvalue weighted by Crippen LogP contribution is 2.23. The minimum atomic E-state index is -0.447. The van der Waals surface area contributed by atoms with Gasteiger partial charge in [0.15, 0.2) is 0 Å². The maximum atomic E-state index is 12.2. The number of ether oxygens (including phenoxy) is 1. The molecule has 1 fully saturated rings. The summed E-state index contributed by atoms with van der Waals surface area (Å²) < 4.78 is 5.47. The van der Waals surface area contributed by atoms with E-state index in [0.29, 0.717) is 6.54 Å². The maximum absolute atomic E-state index is 12.2. The molecule has 0 aromatic rings. The van der Waals surface area contributed by atoms with Gasteiger partial charge in [0.05, 0.1) is 6.54 Å². The van der Waals surface area contributed by atoms with Crippen LogP contribution in [0.15, 0.2) is 4.99 Å². The van der Waals surface area contributed by atoms with Crippen LogP contribution in [0.25, 0.3) is 0 Å². The third kappa shape index (κ3) is 6.20. The first-order valence-electron chi connectivity index (χ1n) is 7.47. The van der Waals surface area contributed by atoms with Crippen LogP contribution in [0, 0.1) is 0 Å². The minimum absolute atomic E-state index is 0.201. The number of carbonyl (C=O) groups is 1. The predicted octanol–water partition coefficient (Wildman–Crippen LogP) is 3.28. The van der Waals surface area contributed by atoms with Gasteiger partial charge >= 0.3 is 6.09 Å². The zero-order chi connectivity index (χ0) is 15.0. The molecule has 0 saturated carbocycles. The Bertz CT molecular complexity index is 357. The van der Waals surface area contributed by atoms with Gasteiger partial charge in [-0.05, 0) is 59.3 Å². The molecular weight excluding hydrogens is 256 g/mol. The maximum Gasteiger partial charge on any atom is 0.410 e. The normalized spacial score (nSPS) is 19.4. The number of carbonyl (C=O) groups excluding carboxylic acids is 2. The summed E-state index contributed by atoms with van der Waals surface area (Å²) in [6, 6.07) is 0.263. The predicted molar refractivity (Wildman–Crippen MR) is 77.4 cm³/mol. The minimum Gasteiger partial charge on any atom is -0.444 e. The van der Waals surface area contributed by atoms with Gasteiger partial charge in [0, 0.05) is 12.6 Å². The van der Waals surface area contributed by atoms with Crippen LogP contribution >= 0.6 is 0 Å². The van der Waals surface area contributed by atoms with E-state index in [1.165, 1.54) is 0 Å². The molecule has 0 N–H and O–H groups in total. The van der Waals surface area contributed by atoms with Crippen molar-refractivity contribution < 1.29 is 14.3 Å². The number of likely N-dealkylation sites (tertiary alicyclic amines) is 1. The summed E-state index contributed by atoms with van der Waals surface area (Å²) >= 11 is 0. The first kappa shape index (κ1) is 16.7. The number of piperidine rings is 1. The molecule has 0 spiro atoms. The quantitative estimate of drug-likeness (QED) is 0.441. The van der Waals surface area contributed by atoms with E-state index in [2.05, 4.69) is 4.99 Å². The molecule has 114 valence electrons. The van der Waals surface area contributed by atoms with Gasteiger partial charge in [-0.3, -0.25) is 0 Å². The lowest BCUT2D eigenvalue weighted by Crippen LogP contribution is -2.46. The fraction of sp³-hybridized carbons (Fsp3) is 0.867. The summed E-state index contributed by atoms with van der Waals surface area (Å²) in [6.07, 6.45) is 7.38. The molecule has 1 amide bonds. The second kappa shape index (κ2) is 8.05. The molecule has 0 radical (unpaired) electrons. The van der Waals surface area contributed by atoms with Crippen molar-refractivity contribution in [1.82, 2.24) is 4.90 Å². The van der Waals surface area contributed by atoms with Crippen LogP contribution in [-0.4, -0.2) is 41.8 Å². The van der Waals surface area contributed by atoms with E-state index in [4.69, 9.17) is 4.74 Å². The smallest absolute Gasteiger partial charge is 0.410 e. The van der Waals surface area contributed by atoms with Crippen molar-refractivity contribution in [3.8, 4) is 0 Å². The summed E-state index contributed by atoms with van der Waals surface area (Å²) in [7, 11) is 0. The highest BCUT2D eigenvalue weighted by atomic mass is 16.6. The number of aliphatic imine (C=N–C) groups is 1. The Hall–Kier alpha value is -1.35. The molecule has 0 aromatic carbocycles. The summed E-state index contributed by atoms with van der Waals surface area (Å²) in [5, 5.41) is 0. The first-order chi connectivity index (χ1) is 9.44. The fourth-order valence-electron chi connectivity index (χ4n) is 2.48. The van der Waals surface area contributed by atoms with Crippen LogP contribution in [0.1, 0.15) is 59.3 Å². The zero-order valence-electron chi connectivity index (χ0n) is 12.9. The highest BCUT2D eigenvalue weighted by molar-refractivity contribution is 5.68. The van der Waals surface area contributed by atoms with Crippen LogP contribution in [0.2, 0.25) is 0 Å². The van der Waals surface area contributed by atoms with Crippen molar-refractivity contribution in [2.24, 2.45) is 4.99 Å². The average Bonchev–Trinajstić information content (AvgIpc) is 2.37. The lowest BCUT2D eigenvalue weighted by atomic mass is 9.97. The Morgan fingerprint density at radius 1 is 1.35 bits per heavy atom. The summed E-state index contributed by atoms with van der Waals surface area (Å²) in [5.74, 6) is 0. The zero-order valence-corrected chi connectivity index (χ0v) is 12.9. The molecule has 5 nitrogen and oxygen atoms in total. The van der Waals surface area contributed by atoms with E-state index in [-0.39, 0.29) is 12.1 Å². The van der Waals surface area contributed by atoms with Crippen molar-refractivity contribution in [3.63, 3.8) is 0 Å². The number of amides is 1. The molecular formula is C15H26N2O3. The van der Waals surface area contributed by atoms with Gasteiger partial charge in [-0.1, -0.05) is 0 Å². The van der Waals surface area contributed by atoms with E-state index < -0.39 is 5.60 Å². The van der Waals surface area contributed by atoms with Gasteiger partial charge in [-0.25, -0.2) is 14.6 Å². The third-order valence-electron chi connectivity index (χ3n) is 3.38. The molecule has 1 rings (SSSR count). The second-order valence-corrected chi connectivity index (χ2v) is 6.29. The monoisotopic (exact) mass is 282 g/mol. The molecule has 1 aliphatic rings. The SMILES string of the molecule is CC(C)(C)OC(=O)N1CCCCC1CCCCN=C=O. The van der Waals surface area contributed by atoms with Gasteiger partial charge in [-0.15, -0.1) is 0 Å². The van der Waals surface area contributed by atoms with E-state index in [0.717, 1.165) is 45.1 Å². The van der Waals surface area contributed by atoms with Crippen LogP contribution in [0.3, 0.4) is 0 Å². The highest BCUT2D eigenvalue weighted by Gasteiger charge is 2.29. The molecule has 1 saturated heterocycles. The standard InChI is InChI=1S/C15H26N2O3/c1-15(2,3)20-14(19)17-11-7-5-9-13(17)8-4-6-10-16-12-18/h13H,4-11H2,1-3H3. The van der Waals surface area contributed by atoms with Crippen LogP contribution in [0.4, 0.5) is 4.79 Å². The third-order valence-corrected chi connectivity index (χ3v) is 3.38. The van der Waals surface area contributed by atoms with Crippen molar-refractivity contribution in [2.75, 3.05) is 13.1 Å². The van der Waals surface area contributed by atoms with Crippen molar-refractivity contribution >= 4 is 12.2 Å². The molecule has 20 heavy (non-hydrogen) atoms. The van der Waals surface area contributed by atoms with Crippen LogP contribution < -0.4 is 0 Å². The van der Waals surface area contributed by atoms with Crippen molar-refractivity contribution in [1.29, 1.82) is 0 Å². The molecule has 0 aliphatic carbocycles. The molecule has 1 unspecified atom stereocenters. The fourth-order valence-corrected chi connectivity index (χ4v) is 2.48. The summed E-state index contributed by atoms with van der Waals surface area (Å²) in [5.41, 5.74) is -0.447. The number of unbranched alkanes of at least 4 members (excludes halogenated alkanes) is 1. The molecule has 0 aromatic heterocycles. The van der Waals surface area contributed by atoms with Gasteiger partial charge in [0.25, 0.3) is 0 Å². The topological polar surface area (TPSA) is 59.0 Å². The Morgan fingerprint density at radius 2 is 2.10 bits per heavy atom. The first-order valence-corrected chi connectivity index (χ1v) is 7.47. The molecule has 0 bridgehead atoms. The van der Waals surface area contributed by atoms with Gasteiger partial charge in [0.2, 0.25) is 6.08 Å². The second-order valence-electron chi connectivity index (χ2n) is 6.29. The van der Waals surface area contributed by atoms with E-state index >= 15 is 0 Å². The Kier molecular flexibility index (Phi) is 6.73. The number of nitrogens with zero attached hydrogens (tertiary/aromatic N) is 2. The number of hydrogen-bond acceptors (Lipinski definition) is 4. The number of isocyanates is 1. The molecule has 5 heteroatoms. The van der Waals surface area contributed by atoms with Gasteiger partial charge in [0.1, 0.15) is 5.60 Å². The molecule has 1 atom stereocenters. The summed E-state index contributed by atoms with van der Waals surface area (Å²) in [4.78, 5) is 27.6. The largest absolute Gasteiger partial charge is 0.444 e. The van der Waals surface area contributed by atoms with Crippen molar-refractivity contribution in [3.05, 3.63) is 0 Å². The van der Waals surface area contributed by atoms with E-state index in [9.17, 15) is 9.59 Å². The van der Waals surface area contributed by atoms with Crippen molar-refractivity contribution in [2.45, 2.75) is 70.9 Å². The Balaban J connectivity index is 2.45. The Labute approximate surface area is 121 Å². The number of hydrogen-bond donors (Lipinski definition) is 0. The van der Waals surface area contributed by atoms with Gasteiger partial charge < -0.3 is 9.64 Å².